The molecular formula is C23H25N5O. The summed E-state index contributed by atoms with van der Waals surface area (Å²) >= 11 is 0. The molecule has 29 heavy (non-hydrogen) atoms. The molecule has 2 fully saturated rings. The number of pyridine rings is 1. The highest BCUT2D eigenvalue weighted by Crippen LogP contribution is 2.39. The van der Waals surface area contributed by atoms with Crippen LogP contribution in [0.15, 0.2) is 49.1 Å². The molecule has 1 aromatic carbocycles. The first-order valence-corrected chi connectivity index (χ1v) is 10.3. The molecule has 1 N–H and O–H groups in total. The topological polar surface area (TPSA) is 71.0 Å². The van der Waals surface area contributed by atoms with Crippen LogP contribution in [0.1, 0.15) is 40.7 Å². The summed E-state index contributed by atoms with van der Waals surface area (Å²) < 4.78 is 0. The van der Waals surface area contributed by atoms with E-state index in [9.17, 15) is 4.79 Å². The second-order valence-electron chi connectivity index (χ2n) is 8.28. The number of fused-ring (bicyclic) bond motifs is 2. The summed E-state index contributed by atoms with van der Waals surface area (Å²) in [5, 5.41) is 3.28. The Labute approximate surface area is 170 Å². The van der Waals surface area contributed by atoms with Crippen LogP contribution in [-0.2, 0) is 6.54 Å². The number of carbonyl (C=O) groups is 1. The van der Waals surface area contributed by atoms with Gasteiger partial charge in [-0.15, -0.1) is 0 Å². The molecule has 3 aromatic rings. The van der Waals surface area contributed by atoms with Gasteiger partial charge in [-0.3, -0.25) is 24.6 Å². The van der Waals surface area contributed by atoms with Crippen molar-refractivity contribution in [2.75, 3.05) is 6.54 Å². The molecule has 3 atom stereocenters. The molecule has 1 saturated carbocycles. The van der Waals surface area contributed by atoms with Crippen LogP contribution in [-0.4, -0.2) is 44.4 Å². The molecule has 1 aliphatic heterocycles. The Kier molecular flexibility index (Phi) is 4.72. The van der Waals surface area contributed by atoms with Crippen LogP contribution in [0.4, 0.5) is 0 Å². The number of likely N-dealkylation sites (tertiary alicyclic amines) is 1. The number of hydrogen-bond donors (Lipinski definition) is 1. The van der Waals surface area contributed by atoms with Crippen LogP contribution in [0.3, 0.4) is 0 Å². The zero-order valence-corrected chi connectivity index (χ0v) is 16.6. The van der Waals surface area contributed by atoms with Gasteiger partial charge in [0.15, 0.2) is 0 Å². The third-order valence-corrected chi connectivity index (χ3v) is 6.38. The number of rotatable bonds is 4. The van der Waals surface area contributed by atoms with Crippen molar-refractivity contribution in [1.29, 1.82) is 0 Å². The maximum atomic E-state index is 12.7. The lowest BCUT2D eigenvalue weighted by atomic mass is 9.99. The predicted molar refractivity (Wildman–Crippen MR) is 111 cm³/mol. The lowest BCUT2D eigenvalue weighted by Crippen LogP contribution is -2.39. The molecule has 0 bridgehead atoms. The Hall–Kier alpha value is -2.86. The molecule has 0 unspecified atom stereocenters. The van der Waals surface area contributed by atoms with Gasteiger partial charge in [-0.05, 0) is 68.0 Å². The molecule has 1 amide bonds. The van der Waals surface area contributed by atoms with Crippen molar-refractivity contribution in [3.8, 4) is 0 Å². The van der Waals surface area contributed by atoms with Gasteiger partial charge in [0, 0.05) is 43.4 Å². The van der Waals surface area contributed by atoms with Crippen molar-refractivity contribution in [2.45, 2.75) is 44.8 Å². The quantitative estimate of drug-likeness (QED) is 0.745. The normalized spacial score (nSPS) is 24.0. The van der Waals surface area contributed by atoms with E-state index in [0.29, 0.717) is 17.5 Å². The van der Waals surface area contributed by atoms with E-state index < -0.39 is 0 Å². The highest BCUT2D eigenvalue weighted by molar-refractivity contribution is 5.94. The van der Waals surface area contributed by atoms with Crippen LogP contribution >= 0.6 is 0 Å². The summed E-state index contributed by atoms with van der Waals surface area (Å²) in [7, 11) is 0. The lowest BCUT2D eigenvalue weighted by Gasteiger charge is -2.24. The molecule has 1 aliphatic carbocycles. The number of carbonyl (C=O) groups excluding carboxylic acids is 1. The third kappa shape index (κ3) is 3.60. The number of aryl methyl sites for hydroxylation is 1. The number of nitrogens with one attached hydrogen (secondary N) is 1. The first-order chi connectivity index (χ1) is 14.2. The summed E-state index contributed by atoms with van der Waals surface area (Å²) in [5.41, 5.74) is 4.82. The lowest BCUT2D eigenvalue weighted by molar-refractivity contribution is 0.0926. The number of nitrogens with zero attached hydrogens (tertiary/aromatic N) is 4. The molecule has 5 rings (SSSR count). The standard InChI is InChI=1S/C23H25N5O/c1-15-10-17(13-24-12-15)23(29)27-19-4-5-22-18(19)6-9-28(22)14-16-2-3-20-21(11-16)26-8-7-25-20/h2-3,7-8,10-13,18-19,22H,4-6,9,14H2,1H3,(H,27,29)/t18-,19-,22+/m0/s1. The Morgan fingerprint density at radius 3 is 2.83 bits per heavy atom. The fraction of sp³-hybridized carbons (Fsp3) is 0.391. The van der Waals surface area contributed by atoms with E-state index in [4.69, 9.17) is 0 Å². The summed E-state index contributed by atoms with van der Waals surface area (Å²) in [6.07, 6.45) is 10.2. The van der Waals surface area contributed by atoms with Gasteiger partial charge < -0.3 is 5.32 Å². The van der Waals surface area contributed by atoms with Gasteiger partial charge in [0.25, 0.3) is 5.91 Å². The van der Waals surface area contributed by atoms with E-state index in [1.54, 1.807) is 24.8 Å². The van der Waals surface area contributed by atoms with E-state index >= 15 is 0 Å². The smallest absolute Gasteiger partial charge is 0.253 e. The average molecular weight is 387 g/mol. The van der Waals surface area contributed by atoms with E-state index in [0.717, 1.165) is 48.9 Å². The summed E-state index contributed by atoms with van der Waals surface area (Å²) in [6.45, 7) is 3.96. The molecule has 148 valence electrons. The second kappa shape index (κ2) is 7.52. The van der Waals surface area contributed by atoms with Gasteiger partial charge in [0.05, 0.1) is 16.6 Å². The van der Waals surface area contributed by atoms with Crippen LogP contribution < -0.4 is 5.32 Å². The molecular weight excluding hydrogens is 362 g/mol. The molecule has 2 aromatic heterocycles. The predicted octanol–water partition coefficient (Wildman–Crippen LogP) is 3.12. The van der Waals surface area contributed by atoms with Crippen LogP contribution in [0, 0.1) is 12.8 Å². The number of amides is 1. The molecule has 0 spiro atoms. The molecule has 0 radical (unpaired) electrons. The minimum atomic E-state index is -0.00148. The summed E-state index contributed by atoms with van der Waals surface area (Å²) in [5.74, 6) is 0.523. The van der Waals surface area contributed by atoms with Crippen molar-refractivity contribution in [3.63, 3.8) is 0 Å². The second-order valence-corrected chi connectivity index (χ2v) is 8.28. The Balaban J connectivity index is 1.25. The van der Waals surface area contributed by atoms with Gasteiger partial charge in [-0.1, -0.05) is 6.07 Å². The third-order valence-electron chi connectivity index (χ3n) is 6.38. The van der Waals surface area contributed by atoms with Gasteiger partial charge in [0.2, 0.25) is 0 Å². The maximum Gasteiger partial charge on any atom is 0.253 e. The number of benzene rings is 1. The highest BCUT2D eigenvalue weighted by atomic mass is 16.1. The molecule has 6 nitrogen and oxygen atoms in total. The minimum Gasteiger partial charge on any atom is -0.349 e. The number of hydrogen-bond acceptors (Lipinski definition) is 5. The van der Waals surface area contributed by atoms with Crippen molar-refractivity contribution in [1.82, 2.24) is 25.2 Å². The van der Waals surface area contributed by atoms with Crippen molar-refractivity contribution in [3.05, 3.63) is 65.7 Å². The first kappa shape index (κ1) is 18.2. The van der Waals surface area contributed by atoms with Crippen molar-refractivity contribution < 1.29 is 4.79 Å². The first-order valence-electron chi connectivity index (χ1n) is 10.3. The van der Waals surface area contributed by atoms with Crippen LogP contribution in [0.25, 0.3) is 11.0 Å². The molecule has 6 heteroatoms. The molecule has 2 aliphatic rings. The summed E-state index contributed by atoms with van der Waals surface area (Å²) in [6, 6.07) is 9.05. The SMILES string of the molecule is Cc1cncc(C(=O)N[C@H]2CC[C@@H]3[C@H]2CCN3Cc2ccc3nccnc3c2)c1. The van der Waals surface area contributed by atoms with E-state index in [2.05, 4.69) is 43.4 Å². The Bertz CT molecular complexity index is 1050. The zero-order chi connectivity index (χ0) is 19.8. The molecule has 1 saturated heterocycles. The van der Waals surface area contributed by atoms with E-state index in [1.807, 2.05) is 13.0 Å². The fourth-order valence-corrected chi connectivity index (χ4v) is 5.02. The number of aromatic nitrogens is 3. The zero-order valence-electron chi connectivity index (χ0n) is 16.6. The van der Waals surface area contributed by atoms with Gasteiger partial charge in [0.1, 0.15) is 0 Å². The fourth-order valence-electron chi connectivity index (χ4n) is 5.02. The van der Waals surface area contributed by atoms with Crippen LogP contribution in [0.2, 0.25) is 0 Å². The van der Waals surface area contributed by atoms with Crippen molar-refractivity contribution >= 4 is 16.9 Å². The average Bonchev–Trinajstić information content (AvgIpc) is 3.31. The largest absolute Gasteiger partial charge is 0.349 e. The van der Waals surface area contributed by atoms with Gasteiger partial charge >= 0.3 is 0 Å². The summed E-state index contributed by atoms with van der Waals surface area (Å²) in [4.78, 5) is 28.2. The minimum absolute atomic E-state index is 0.00148. The van der Waals surface area contributed by atoms with Crippen molar-refractivity contribution in [2.24, 2.45) is 5.92 Å². The van der Waals surface area contributed by atoms with Gasteiger partial charge in [-0.25, -0.2) is 0 Å². The van der Waals surface area contributed by atoms with E-state index in [1.165, 1.54) is 5.56 Å². The maximum absolute atomic E-state index is 12.7. The van der Waals surface area contributed by atoms with Gasteiger partial charge in [-0.2, -0.15) is 0 Å². The van der Waals surface area contributed by atoms with Crippen LogP contribution in [0.5, 0.6) is 0 Å². The Morgan fingerprint density at radius 2 is 1.97 bits per heavy atom. The monoisotopic (exact) mass is 387 g/mol. The van der Waals surface area contributed by atoms with E-state index in [-0.39, 0.29) is 11.9 Å². The molecule has 3 heterocycles. The Morgan fingerprint density at radius 1 is 1.10 bits per heavy atom. The highest BCUT2D eigenvalue weighted by Gasteiger charge is 2.44.